The molecule has 0 saturated carbocycles. The van der Waals surface area contributed by atoms with Crippen LogP contribution in [0, 0.1) is 0 Å². The normalized spacial score (nSPS) is 20.4. The summed E-state index contributed by atoms with van der Waals surface area (Å²) in [5.41, 5.74) is 0. The highest BCUT2D eigenvalue weighted by atomic mass is 16.4. The number of aliphatic carboxylic acids is 1. The lowest BCUT2D eigenvalue weighted by molar-refractivity contribution is -0.144. The summed E-state index contributed by atoms with van der Waals surface area (Å²) in [7, 11) is 0. The Hall–Kier alpha value is -1.14. The highest BCUT2D eigenvalue weighted by molar-refractivity contribution is 5.81. The van der Waals surface area contributed by atoms with E-state index in [1.165, 1.54) is 0 Å². The molecule has 0 aromatic carbocycles. The first kappa shape index (κ1) is 16.9. The number of nitrogens with one attached hydrogen (secondary N) is 1. The molecule has 1 heterocycles. The van der Waals surface area contributed by atoms with Gasteiger partial charge in [0.2, 0.25) is 5.91 Å². The number of piperazine rings is 1. The predicted molar refractivity (Wildman–Crippen MR) is 77.6 cm³/mol. The largest absolute Gasteiger partial charge is 0.480 e. The molecule has 0 radical (unpaired) electrons. The van der Waals surface area contributed by atoms with Crippen LogP contribution in [0.15, 0.2) is 0 Å². The molecule has 1 amide bonds. The number of nitrogens with zero attached hydrogens (tertiary/aromatic N) is 2. The monoisotopic (exact) mass is 285 g/mol. The number of amides is 1. The second kappa shape index (κ2) is 8.21. The van der Waals surface area contributed by atoms with E-state index in [0.29, 0.717) is 13.1 Å². The third-order valence-corrected chi connectivity index (χ3v) is 4.01. The Morgan fingerprint density at radius 1 is 1.10 bits per heavy atom. The van der Waals surface area contributed by atoms with Crippen LogP contribution in [0.3, 0.4) is 0 Å². The van der Waals surface area contributed by atoms with Gasteiger partial charge in [-0.25, -0.2) is 0 Å². The van der Waals surface area contributed by atoms with Crippen LogP contribution in [0.1, 0.15) is 33.6 Å². The lowest BCUT2D eigenvalue weighted by atomic mass is 10.2. The van der Waals surface area contributed by atoms with Crippen LogP contribution in [0.5, 0.6) is 0 Å². The minimum atomic E-state index is -0.788. The molecule has 116 valence electrons. The predicted octanol–water partition coefficient (Wildman–Crippen LogP) is 0.382. The zero-order chi connectivity index (χ0) is 15.1. The zero-order valence-electron chi connectivity index (χ0n) is 12.8. The summed E-state index contributed by atoms with van der Waals surface area (Å²) < 4.78 is 0. The third-order valence-electron chi connectivity index (χ3n) is 4.01. The van der Waals surface area contributed by atoms with Crippen molar-refractivity contribution >= 4 is 11.9 Å². The van der Waals surface area contributed by atoms with Gasteiger partial charge < -0.3 is 10.4 Å². The lowest BCUT2D eigenvalue weighted by Gasteiger charge is -2.38. The molecular weight excluding hydrogens is 258 g/mol. The molecule has 1 saturated heterocycles. The Labute approximate surface area is 121 Å². The fraction of sp³-hybridized carbons (Fsp3) is 0.857. The van der Waals surface area contributed by atoms with Crippen LogP contribution in [-0.2, 0) is 9.59 Å². The molecule has 1 aliphatic heterocycles. The molecule has 0 spiro atoms. The van der Waals surface area contributed by atoms with Crippen LogP contribution in [0.25, 0.3) is 0 Å². The Balaban J connectivity index is 2.36. The first-order valence-corrected chi connectivity index (χ1v) is 7.46. The third kappa shape index (κ3) is 4.76. The molecule has 0 bridgehead atoms. The Morgan fingerprint density at radius 2 is 1.60 bits per heavy atom. The van der Waals surface area contributed by atoms with Gasteiger partial charge in [0.1, 0.15) is 6.04 Å². The van der Waals surface area contributed by atoms with Crippen molar-refractivity contribution in [2.24, 2.45) is 0 Å². The molecule has 2 unspecified atom stereocenters. The summed E-state index contributed by atoms with van der Waals surface area (Å²) in [4.78, 5) is 27.0. The van der Waals surface area contributed by atoms with Gasteiger partial charge in [-0.15, -0.1) is 0 Å². The highest BCUT2D eigenvalue weighted by Gasteiger charge is 2.29. The molecule has 0 aliphatic carbocycles. The standard InChI is InChI=1S/C14H27N3O3/c1-4-5-6-15-13(18)11(2)16-7-9-17(10-8-16)12(3)14(19)20/h11-12H,4-10H2,1-3H3,(H,15,18)(H,19,20). The highest BCUT2D eigenvalue weighted by Crippen LogP contribution is 2.09. The van der Waals surface area contributed by atoms with Gasteiger partial charge in [0.15, 0.2) is 0 Å². The summed E-state index contributed by atoms with van der Waals surface area (Å²) in [6.45, 7) is 9.31. The molecule has 1 aliphatic rings. The van der Waals surface area contributed by atoms with Crippen LogP contribution < -0.4 is 5.32 Å². The maximum atomic E-state index is 12.0. The number of unbranched alkanes of at least 4 members (excludes halogenated alkanes) is 1. The quantitative estimate of drug-likeness (QED) is 0.662. The van der Waals surface area contributed by atoms with Crippen molar-refractivity contribution in [2.45, 2.75) is 45.7 Å². The van der Waals surface area contributed by atoms with E-state index in [-0.39, 0.29) is 11.9 Å². The number of carbonyl (C=O) groups is 2. The van der Waals surface area contributed by atoms with Crippen molar-refractivity contribution in [3.63, 3.8) is 0 Å². The van der Waals surface area contributed by atoms with Crippen LogP contribution in [-0.4, -0.2) is 71.6 Å². The smallest absolute Gasteiger partial charge is 0.320 e. The minimum Gasteiger partial charge on any atom is -0.480 e. The van der Waals surface area contributed by atoms with Gasteiger partial charge in [-0.05, 0) is 20.3 Å². The van der Waals surface area contributed by atoms with E-state index >= 15 is 0 Å². The summed E-state index contributed by atoms with van der Waals surface area (Å²) >= 11 is 0. The maximum absolute atomic E-state index is 12.0. The molecule has 6 nitrogen and oxygen atoms in total. The Bertz CT molecular complexity index is 328. The van der Waals surface area contributed by atoms with E-state index in [4.69, 9.17) is 5.11 Å². The molecule has 6 heteroatoms. The van der Waals surface area contributed by atoms with Crippen molar-refractivity contribution in [2.75, 3.05) is 32.7 Å². The van der Waals surface area contributed by atoms with Crippen molar-refractivity contribution in [3.8, 4) is 0 Å². The molecule has 2 atom stereocenters. The number of rotatable bonds is 7. The summed E-state index contributed by atoms with van der Waals surface area (Å²) in [6, 6.07) is -0.597. The fourth-order valence-electron chi connectivity index (χ4n) is 2.37. The van der Waals surface area contributed by atoms with E-state index < -0.39 is 12.0 Å². The average Bonchev–Trinajstić information content (AvgIpc) is 2.46. The van der Waals surface area contributed by atoms with E-state index in [9.17, 15) is 9.59 Å². The van der Waals surface area contributed by atoms with Gasteiger partial charge in [-0.3, -0.25) is 19.4 Å². The number of carboxylic acid groups (broad SMARTS) is 1. The summed E-state index contributed by atoms with van der Waals surface area (Å²) in [5.74, 6) is -0.720. The Kier molecular flexibility index (Phi) is 6.95. The van der Waals surface area contributed by atoms with E-state index in [2.05, 4.69) is 17.1 Å². The van der Waals surface area contributed by atoms with E-state index in [1.54, 1.807) is 6.92 Å². The topological polar surface area (TPSA) is 72.9 Å². The first-order chi connectivity index (χ1) is 9.47. The van der Waals surface area contributed by atoms with Crippen molar-refractivity contribution < 1.29 is 14.7 Å². The molecule has 0 aromatic heterocycles. The number of carbonyl (C=O) groups excluding carboxylic acids is 1. The second-order valence-corrected chi connectivity index (χ2v) is 5.41. The second-order valence-electron chi connectivity index (χ2n) is 5.41. The molecule has 1 rings (SSSR count). The van der Waals surface area contributed by atoms with Gasteiger partial charge in [0, 0.05) is 32.7 Å². The van der Waals surface area contributed by atoms with Gasteiger partial charge in [-0.1, -0.05) is 13.3 Å². The van der Waals surface area contributed by atoms with Gasteiger partial charge in [0.05, 0.1) is 6.04 Å². The van der Waals surface area contributed by atoms with Crippen LogP contribution in [0.4, 0.5) is 0 Å². The van der Waals surface area contributed by atoms with E-state index in [1.807, 2.05) is 11.8 Å². The zero-order valence-corrected chi connectivity index (χ0v) is 12.8. The maximum Gasteiger partial charge on any atom is 0.320 e. The molecule has 20 heavy (non-hydrogen) atoms. The van der Waals surface area contributed by atoms with Crippen LogP contribution >= 0.6 is 0 Å². The SMILES string of the molecule is CCCCNC(=O)C(C)N1CCN(C(C)C(=O)O)CC1. The molecule has 0 aromatic rings. The molecular formula is C14H27N3O3. The summed E-state index contributed by atoms with van der Waals surface area (Å²) in [5, 5.41) is 11.9. The number of carboxylic acids is 1. The Morgan fingerprint density at radius 3 is 2.05 bits per heavy atom. The van der Waals surface area contributed by atoms with Gasteiger partial charge in [0.25, 0.3) is 0 Å². The fourth-order valence-corrected chi connectivity index (χ4v) is 2.37. The summed E-state index contributed by atoms with van der Waals surface area (Å²) in [6.07, 6.45) is 2.07. The molecule has 2 N–H and O–H groups in total. The van der Waals surface area contributed by atoms with Crippen molar-refractivity contribution in [1.82, 2.24) is 15.1 Å². The first-order valence-electron chi connectivity index (χ1n) is 7.46. The van der Waals surface area contributed by atoms with Crippen LogP contribution in [0.2, 0.25) is 0 Å². The lowest BCUT2D eigenvalue weighted by Crippen LogP contribution is -2.56. The van der Waals surface area contributed by atoms with Crippen molar-refractivity contribution in [1.29, 1.82) is 0 Å². The van der Waals surface area contributed by atoms with Gasteiger partial charge in [-0.2, -0.15) is 0 Å². The number of hydrogen-bond donors (Lipinski definition) is 2. The molecule has 1 fully saturated rings. The number of hydrogen-bond acceptors (Lipinski definition) is 4. The van der Waals surface area contributed by atoms with Crippen molar-refractivity contribution in [3.05, 3.63) is 0 Å². The average molecular weight is 285 g/mol. The van der Waals surface area contributed by atoms with E-state index in [0.717, 1.165) is 32.5 Å². The minimum absolute atomic E-state index is 0.0678. The van der Waals surface area contributed by atoms with Gasteiger partial charge >= 0.3 is 5.97 Å².